The second-order valence-electron chi connectivity index (χ2n) is 7.31. The van der Waals surface area contributed by atoms with Crippen molar-refractivity contribution in [2.75, 3.05) is 6.54 Å². The number of nitrogens with one attached hydrogen (secondary N) is 1. The molecule has 0 aliphatic heterocycles. The molecule has 5 nitrogen and oxygen atoms in total. The summed E-state index contributed by atoms with van der Waals surface area (Å²) in [7, 11) is 0. The lowest BCUT2D eigenvalue weighted by atomic mass is 9.95. The van der Waals surface area contributed by atoms with Crippen LogP contribution in [0.5, 0.6) is 0 Å². The van der Waals surface area contributed by atoms with Crippen LogP contribution in [-0.4, -0.2) is 27.2 Å². The van der Waals surface area contributed by atoms with E-state index in [1.807, 2.05) is 24.3 Å². The lowest BCUT2D eigenvalue weighted by Gasteiger charge is -2.12. The molecule has 1 heterocycles. The summed E-state index contributed by atoms with van der Waals surface area (Å²) in [6.07, 6.45) is 6.68. The van der Waals surface area contributed by atoms with E-state index in [4.69, 9.17) is 0 Å². The summed E-state index contributed by atoms with van der Waals surface area (Å²) < 4.78 is 1.65. The first-order chi connectivity index (χ1) is 12.8. The number of nitrogens with zero attached hydrogens (tertiary/aromatic N) is 3. The van der Waals surface area contributed by atoms with Crippen molar-refractivity contribution in [3.05, 3.63) is 77.9 Å². The van der Waals surface area contributed by atoms with Gasteiger partial charge in [-0.1, -0.05) is 30.3 Å². The number of fused-ring (bicyclic) bond motifs is 2. The van der Waals surface area contributed by atoms with Crippen molar-refractivity contribution < 1.29 is 4.79 Å². The minimum Gasteiger partial charge on any atom is -0.352 e. The Kier molecular flexibility index (Phi) is 3.42. The molecular formula is C21H20N4O. The molecule has 2 aromatic carbocycles. The van der Waals surface area contributed by atoms with Gasteiger partial charge in [0.15, 0.2) is 0 Å². The maximum absolute atomic E-state index is 12.6. The summed E-state index contributed by atoms with van der Waals surface area (Å²) in [5, 5.41) is 7.25. The van der Waals surface area contributed by atoms with E-state index in [1.165, 1.54) is 36.7 Å². The molecule has 1 amide bonds. The molecule has 2 aliphatic rings. The molecule has 0 unspecified atom stereocenters. The molecule has 1 fully saturated rings. The van der Waals surface area contributed by atoms with E-state index in [0.29, 0.717) is 16.9 Å². The molecule has 1 aromatic heterocycles. The van der Waals surface area contributed by atoms with Crippen LogP contribution in [-0.2, 0) is 11.8 Å². The summed E-state index contributed by atoms with van der Waals surface area (Å²) >= 11 is 0. The SMILES string of the molecule is O=C(NC[C@H]1C[C@@]12CCc1ccccc12)c1cccc(-n2cncn2)c1. The minimum absolute atomic E-state index is 0.0275. The van der Waals surface area contributed by atoms with Crippen molar-refractivity contribution in [2.45, 2.75) is 24.7 Å². The highest BCUT2D eigenvalue weighted by molar-refractivity contribution is 5.94. The van der Waals surface area contributed by atoms with Crippen molar-refractivity contribution in [1.82, 2.24) is 20.1 Å². The number of rotatable bonds is 4. The van der Waals surface area contributed by atoms with Gasteiger partial charge in [0.1, 0.15) is 12.7 Å². The normalized spacial score (nSPS) is 23.0. The van der Waals surface area contributed by atoms with Crippen LogP contribution in [0.2, 0.25) is 0 Å². The predicted molar refractivity (Wildman–Crippen MR) is 98.2 cm³/mol. The average Bonchev–Trinajstić information content (AvgIpc) is 3.01. The molecule has 2 aliphatic carbocycles. The molecule has 130 valence electrons. The van der Waals surface area contributed by atoms with Crippen molar-refractivity contribution in [3.8, 4) is 5.69 Å². The second kappa shape index (κ2) is 5.80. The number of hydrogen-bond acceptors (Lipinski definition) is 3. The van der Waals surface area contributed by atoms with Crippen molar-refractivity contribution in [3.63, 3.8) is 0 Å². The third-order valence-corrected chi connectivity index (χ3v) is 5.93. The zero-order valence-corrected chi connectivity index (χ0v) is 14.4. The molecule has 5 heteroatoms. The Morgan fingerprint density at radius 2 is 2.15 bits per heavy atom. The van der Waals surface area contributed by atoms with Gasteiger partial charge >= 0.3 is 0 Å². The number of carbonyl (C=O) groups excluding carboxylic acids is 1. The molecular weight excluding hydrogens is 324 g/mol. The molecule has 2 atom stereocenters. The molecule has 0 bridgehead atoms. The van der Waals surface area contributed by atoms with Crippen LogP contribution in [0.15, 0.2) is 61.2 Å². The third-order valence-electron chi connectivity index (χ3n) is 5.93. The van der Waals surface area contributed by atoms with Gasteiger partial charge in [0.2, 0.25) is 0 Å². The minimum atomic E-state index is -0.0275. The summed E-state index contributed by atoms with van der Waals surface area (Å²) in [5.41, 5.74) is 4.79. The van der Waals surface area contributed by atoms with Crippen LogP contribution in [0.25, 0.3) is 5.69 Å². The lowest BCUT2D eigenvalue weighted by Crippen LogP contribution is -2.27. The topological polar surface area (TPSA) is 59.8 Å². The molecule has 1 spiro atoms. The van der Waals surface area contributed by atoms with E-state index < -0.39 is 0 Å². The van der Waals surface area contributed by atoms with Crippen molar-refractivity contribution in [1.29, 1.82) is 0 Å². The van der Waals surface area contributed by atoms with Crippen LogP contribution in [0, 0.1) is 5.92 Å². The van der Waals surface area contributed by atoms with Gasteiger partial charge in [-0.2, -0.15) is 5.10 Å². The van der Waals surface area contributed by atoms with E-state index in [1.54, 1.807) is 11.0 Å². The van der Waals surface area contributed by atoms with Gasteiger partial charge in [-0.25, -0.2) is 9.67 Å². The second-order valence-corrected chi connectivity index (χ2v) is 7.31. The lowest BCUT2D eigenvalue weighted by molar-refractivity contribution is 0.0951. The fourth-order valence-electron chi connectivity index (χ4n) is 4.45. The van der Waals surface area contributed by atoms with Crippen LogP contribution in [0.3, 0.4) is 0 Å². The summed E-state index contributed by atoms with van der Waals surface area (Å²) in [6.45, 7) is 0.737. The zero-order valence-electron chi connectivity index (χ0n) is 14.4. The highest BCUT2D eigenvalue weighted by Gasteiger charge is 2.57. The van der Waals surface area contributed by atoms with Gasteiger partial charge in [0.05, 0.1) is 5.69 Å². The van der Waals surface area contributed by atoms with Crippen LogP contribution in [0.1, 0.15) is 34.3 Å². The molecule has 0 radical (unpaired) electrons. The Labute approximate surface area is 152 Å². The Morgan fingerprint density at radius 1 is 1.23 bits per heavy atom. The maximum atomic E-state index is 12.6. The summed E-state index contributed by atoms with van der Waals surface area (Å²) in [4.78, 5) is 16.5. The maximum Gasteiger partial charge on any atom is 0.251 e. The fourth-order valence-corrected chi connectivity index (χ4v) is 4.45. The highest BCUT2D eigenvalue weighted by Crippen LogP contribution is 2.61. The summed E-state index contributed by atoms with van der Waals surface area (Å²) in [6, 6.07) is 16.2. The average molecular weight is 344 g/mol. The van der Waals surface area contributed by atoms with Crippen LogP contribution < -0.4 is 5.32 Å². The monoisotopic (exact) mass is 344 g/mol. The van der Waals surface area contributed by atoms with Crippen molar-refractivity contribution in [2.24, 2.45) is 5.92 Å². The number of benzene rings is 2. The summed E-state index contributed by atoms with van der Waals surface area (Å²) in [5.74, 6) is 0.522. The number of amides is 1. The van der Waals surface area contributed by atoms with Gasteiger partial charge in [-0.15, -0.1) is 0 Å². The Morgan fingerprint density at radius 3 is 3.04 bits per heavy atom. The number of aryl methyl sites for hydroxylation is 1. The van der Waals surface area contributed by atoms with Crippen LogP contribution in [0.4, 0.5) is 0 Å². The molecule has 3 aromatic rings. The number of aromatic nitrogens is 3. The van der Waals surface area contributed by atoms with Gasteiger partial charge in [-0.05, 0) is 54.5 Å². The van der Waals surface area contributed by atoms with Crippen LogP contribution >= 0.6 is 0 Å². The molecule has 5 rings (SSSR count). The predicted octanol–water partition coefficient (Wildman–Crippen LogP) is 2.90. The van der Waals surface area contributed by atoms with Gasteiger partial charge in [-0.3, -0.25) is 4.79 Å². The van der Waals surface area contributed by atoms with Gasteiger partial charge in [0, 0.05) is 17.5 Å². The number of carbonyl (C=O) groups is 1. The fraction of sp³-hybridized carbons (Fsp3) is 0.286. The largest absolute Gasteiger partial charge is 0.352 e. The van der Waals surface area contributed by atoms with E-state index in [0.717, 1.165) is 12.2 Å². The standard InChI is InChI=1S/C21H20N4O/c26-20(16-5-3-6-18(10-16)25-14-22-13-24-25)23-12-17-11-21(17)9-8-15-4-1-2-7-19(15)21/h1-7,10,13-14,17H,8-9,11-12H2,(H,23,26)/t17-,21+/m1/s1. The Hall–Kier alpha value is -2.95. The molecule has 1 saturated carbocycles. The van der Waals surface area contributed by atoms with Gasteiger partial charge < -0.3 is 5.32 Å². The van der Waals surface area contributed by atoms with E-state index in [2.05, 4.69) is 39.7 Å². The van der Waals surface area contributed by atoms with E-state index >= 15 is 0 Å². The smallest absolute Gasteiger partial charge is 0.251 e. The van der Waals surface area contributed by atoms with Crippen molar-refractivity contribution >= 4 is 5.91 Å². The molecule has 1 N–H and O–H groups in total. The first-order valence-electron chi connectivity index (χ1n) is 9.08. The zero-order chi connectivity index (χ0) is 17.6. The Balaban J connectivity index is 1.26. The highest BCUT2D eigenvalue weighted by atomic mass is 16.1. The molecule has 0 saturated heterocycles. The van der Waals surface area contributed by atoms with E-state index in [9.17, 15) is 4.79 Å². The van der Waals surface area contributed by atoms with Gasteiger partial charge in [0.25, 0.3) is 5.91 Å². The van der Waals surface area contributed by atoms with E-state index in [-0.39, 0.29) is 5.91 Å². The molecule has 26 heavy (non-hydrogen) atoms. The third kappa shape index (κ3) is 2.43. The first-order valence-corrected chi connectivity index (χ1v) is 9.08. The quantitative estimate of drug-likeness (QED) is 0.792. The number of hydrogen-bond donors (Lipinski definition) is 1. The Bertz CT molecular complexity index is 966. The first kappa shape index (κ1) is 15.3.